The Labute approximate surface area is 73.7 Å². The first-order valence-corrected chi connectivity index (χ1v) is 4.40. The van der Waals surface area contributed by atoms with Crippen molar-refractivity contribution in [2.24, 2.45) is 5.92 Å². The Kier molecular flexibility index (Phi) is 5.72. The molecule has 0 saturated heterocycles. The van der Waals surface area contributed by atoms with E-state index in [-0.39, 0.29) is 18.7 Å². The third-order valence-electron chi connectivity index (χ3n) is 1.80. The van der Waals surface area contributed by atoms with Gasteiger partial charge in [-0.3, -0.25) is 4.79 Å². The van der Waals surface area contributed by atoms with Crippen molar-refractivity contribution >= 4 is 5.97 Å². The Morgan fingerprint density at radius 2 is 2.08 bits per heavy atom. The van der Waals surface area contributed by atoms with E-state index < -0.39 is 0 Å². The van der Waals surface area contributed by atoms with E-state index in [1.165, 1.54) is 0 Å². The zero-order valence-electron chi connectivity index (χ0n) is 8.04. The van der Waals surface area contributed by atoms with Crippen LogP contribution in [0, 0.1) is 5.92 Å². The fourth-order valence-electron chi connectivity index (χ4n) is 0.739. The summed E-state index contributed by atoms with van der Waals surface area (Å²) in [6.07, 6.45) is 1.05. The molecule has 0 aliphatic rings. The molecule has 72 valence electrons. The first kappa shape index (κ1) is 11.4. The summed E-state index contributed by atoms with van der Waals surface area (Å²) < 4.78 is 4.88. The largest absolute Gasteiger partial charge is 0.460 e. The number of esters is 1. The minimum atomic E-state index is -0.374. The van der Waals surface area contributed by atoms with Crippen LogP contribution in [0.15, 0.2) is 0 Å². The average Bonchev–Trinajstić information content (AvgIpc) is 2.03. The summed E-state index contributed by atoms with van der Waals surface area (Å²) in [7, 11) is 0. The number of hydrogen-bond acceptors (Lipinski definition) is 3. The molecule has 3 nitrogen and oxygen atoms in total. The summed E-state index contributed by atoms with van der Waals surface area (Å²) in [6.45, 7) is 5.61. The molecule has 12 heavy (non-hydrogen) atoms. The standard InChI is InChI=1S/C9H18O3/c1-4-7(2)5-9(11)12-8(3)6-10/h7-8,10H,4-6H2,1-3H3. The molecule has 0 amide bonds. The van der Waals surface area contributed by atoms with Crippen LogP contribution in [0.25, 0.3) is 0 Å². The van der Waals surface area contributed by atoms with Gasteiger partial charge in [0, 0.05) is 6.42 Å². The Balaban J connectivity index is 3.59. The molecule has 2 unspecified atom stereocenters. The number of carbonyl (C=O) groups is 1. The molecule has 0 radical (unpaired) electrons. The third kappa shape index (κ3) is 5.13. The van der Waals surface area contributed by atoms with Crippen LogP contribution in [0.1, 0.15) is 33.6 Å². The number of hydrogen-bond donors (Lipinski definition) is 1. The van der Waals surface area contributed by atoms with Crippen molar-refractivity contribution in [1.29, 1.82) is 0 Å². The fourth-order valence-corrected chi connectivity index (χ4v) is 0.739. The second-order valence-electron chi connectivity index (χ2n) is 3.20. The molecule has 0 heterocycles. The van der Waals surface area contributed by atoms with E-state index in [4.69, 9.17) is 9.84 Å². The first-order chi connectivity index (χ1) is 5.60. The van der Waals surface area contributed by atoms with E-state index in [9.17, 15) is 4.79 Å². The predicted octanol–water partition coefficient (Wildman–Crippen LogP) is 1.35. The Morgan fingerprint density at radius 3 is 2.50 bits per heavy atom. The van der Waals surface area contributed by atoms with Gasteiger partial charge in [0.2, 0.25) is 0 Å². The molecule has 1 N–H and O–H groups in total. The normalized spacial score (nSPS) is 15.3. The quantitative estimate of drug-likeness (QED) is 0.640. The lowest BCUT2D eigenvalue weighted by molar-refractivity contribution is -0.151. The van der Waals surface area contributed by atoms with Crippen LogP contribution < -0.4 is 0 Å². The number of rotatable bonds is 5. The molecule has 0 aromatic carbocycles. The van der Waals surface area contributed by atoms with Crippen LogP contribution >= 0.6 is 0 Å². The molecule has 0 aromatic heterocycles. The summed E-state index contributed by atoms with van der Waals surface area (Å²) in [6, 6.07) is 0. The average molecular weight is 174 g/mol. The van der Waals surface area contributed by atoms with Gasteiger partial charge in [-0.1, -0.05) is 20.3 Å². The summed E-state index contributed by atoms with van der Waals surface area (Å²) >= 11 is 0. The monoisotopic (exact) mass is 174 g/mol. The Bertz CT molecular complexity index is 120. The van der Waals surface area contributed by atoms with Crippen molar-refractivity contribution < 1.29 is 14.6 Å². The Morgan fingerprint density at radius 1 is 1.50 bits per heavy atom. The molecule has 0 aliphatic heterocycles. The van der Waals surface area contributed by atoms with Gasteiger partial charge in [0.05, 0.1) is 6.61 Å². The number of aliphatic hydroxyl groups is 1. The van der Waals surface area contributed by atoms with Crippen LogP contribution in [-0.4, -0.2) is 23.8 Å². The zero-order valence-corrected chi connectivity index (χ0v) is 8.04. The van der Waals surface area contributed by atoms with Crippen molar-refractivity contribution in [2.75, 3.05) is 6.61 Å². The highest BCUT2D eigenvalue weighted by Gasteiger charge is 2.11. The van der Waals surface area contributed by atoms with E-state index in [1.54, 1.807) is 6.92 Å². The molecular formula is C9H18O3. The second kappa shape index (κ2) is 6.00. The molecule has 0 rings (SSSR count). The van der Waals surface area contributed by atoms with E-state index in [0.717, 1.165) is 6.42 Å². The van der Waals surface area contributed by atoms with Gasteiger partial charge in [0.1, 0.15) is 6.10 Å². The third-order valence-corrected chi connectivity index (χ3v) is 1.80. The van der Waals surface area contributed by atoms with Gasteiger partial charge in [-0.25, -0.2) is 0 Å². The van der Waals surface area contributed by atoms with Gasteiger partial charge in [0.15, 0.2) is 0 Å². The molecular weight excluding hydrogens is 156 g/mol. The van der Waals surface area contributed by atoms with Crippen LogP contribution in [-0.2, 0) is 9.53 Å². The van der Waals surface area contributed by atoms with Gasteiger partial charge in [-0.05, 0) is 12.8 Å². The molecule has 3 heteroatoms. The van der Waals surface area contributed by atoms with Crippen molar-refractivity contribution in [2.45, 2.75) is 39.7 Å². The first-order valence-electron chi connectivity index (χ1n) is 4.40. The highest BCUT2D eigenvalue weighted by atomic mass is 16.5. The molecule has 0 bridgehead atoms. The summed E-state index contributed by atoms with van der Waals surface area (Å²) in [4.78, 5) is 11.0. The SMILES string of the molecule is CCC(C)CC(=O)OC(C)CO. The Hall–Kier alpha value is -0.570. The highest BCUT2D eigenvalue weighted by Crippen LogP contribution is 2.08. The fraction of sp³-hybridized carbons (Fsp3) is 0.889. The van der Waals surface area contributed by atoms with E-state index in [1.807, 2.05) is 13.8 Å². The van der Waals surface area contributed by atoms with E-state index in [2.05, 4.69) is 0 Å². The minimum Gasteiger partial charge on any atom is -0.460 e. The minimum absolute atomic E-state index is 0.105. The van der Waals surface area contributed by atoms with Crippen molar-refractivity contribution in [3.63, 3.8) is 0 Å². The van der Waals surface area contributed by atoms with E-state index >= 15 is 0 Å². The number of carbonyl (C=O) groups excluding carboxylic acids is 1. The topological polar surface area (TPSA) is 46.5 Å². The van der Waals surface area contributed by atoms with Crippen molar-refractivity contribution in [3.8, 4) is 0 Å². The smallest absolute Gasteiger partial charge is 0.306 e. The molecule has 0 aromatic rings. The lowest BCUT2D eigenvalue weighted by atomic mass is 10.1. The highest BCUT2D eigenvalue weighted by molar-refractivity contribution is 5.69. The zero-order chi connectivity index (χ0) is 9.56. The lowest BCUT2D eigenvalue weighted by Crippen LogP contribution is -2.19. The molecule has 0 fully saturated rings. The van der Waals surface area contributed by atoms with E-state index in [0.29, 0.717) is 12.3 Å². The lowest BCUT2D eigenvalue weighted by Gasteiger charge is -2.12. The number of ether oxygens (including phenoxy) is 1. The molecule has 0 aliphatic carbocycles. The maximum Gasteiger partial charge on any atom is 0.306 e. The van der Waals surface area contributed by atoms with Gasteiger partial charge in [0.25, 0.3) is 0 Å². The van der Waals surface area contributed by atoms with Gasteiger partial charge >= 0.3 is 5.97 Å². The van der Waals surface area contributed by atoms with Crippen LogP contribution in [0.4, 0.5) is 0 Å². The maximum absolute atomic E-state index is 11.0. The second-order valence-corrected chi connectivity index (χ2v) is 3.20. The summed E-state index contributed by atoms with van der Waals surface area (Å²) in [5.41, 5.74) is 0. The van der Waals surface area contributed by atoms with Crippen LogP contribution in [0.3, 0.4) is 0 Å². The number of aliphatic hydroxyl groups excluding tert-OH is 1. The van der Waals surface area contributed by atoms with Crippen molar-refractivity contribution in [1.82, 2.24) is 0 Å². The van der Waals surface area contributed by atoms with Gasteiger partial charge in [-0.2, -0.15) is 0 Å². The molecule has 0 saturated carbocycles. The van der Waals surface area contributed by atoms with Crippen LogP contribution in [0.2, 0.25) is 0 Å². The summed E-state index contributed by atoms with van der Waals surface area (Å²) in [5, 5.41) is 8.60. The maximum atomic E-state index is 11.0. The van der Waals surface area contributed by atoms with Gasteiger partial charge in [-0.15, -0.1) is 0 Å². The van der Waals surface area contributed by atoms with Crippen molar-refractivity contribution in [3.05, 3.63) is 0 Å². The summed E-state index contributed by atoms with van der Waals surface area (Å²) in [5.74, 6) is 0.147. The van der Waals surface area contributed by atoms with Crippen LogP contribution in [0.5, 0.6) is 0 Å². The molecule has 0 spiro atoms. The molecule has 2 atom stereocenters. The van der Waals surface area contributed by atoms with Gasteiger partial charge < -0.3 is 9.84 Å². The predicted molar refractivity (Wildman–Crippen MR) is 46.7 cm³/mol.